The van der Waals surface area contributed by atoms with Gasteiger partial charge >= 0.3 is 7.12 Å². The zero-order valence-electron chi connectivity index (χ0n) is 15.5. The Bertz CT molecular complexity index is 1140. The minimum atomic E-state index is -0.347. The lowest BCUT2D eigenvalue weighted by molar-refractivity contribution is 0.00578. The van der Waals surface area contributed by atoms with E-state index in [4.69, 9.17) is 9.31 Å². The van der Waals surface area contributed by atoms with E-state index in [1.165, 1.54) is 30.9 Å². The van der Waals surface area contributed by atoms with Crippen molar-refractivity contribution in [3.8, 4) is 0 Å². The predicted molar refractivity (Wildman–Crippen MR) is 113 cm³/mol. The molecular formula is C22H21BO2S. The largest absolute Gasteiger partial charge is 0.496 e. The predicted octanol–water partition coefficient (Wildman–Crippen LogP) is 5.51. The molecule has 1 aliphatic rings. The van der Waals surface area contributed by atoms with Crippen molar-refractivity contribution in [2.24, 2.45) is 0 Å². The van der Waals surface area contributed by atoms with Crippen LogP contribution in [0.1, 0.15) is 27.7 Å². The molecular weight excluding hydrogens is 339 g/mol. The summed E-state index contributed by atoms with van der Waals surface area (Å²) < 4.78 is 15.3. The molecule has 4 aromatic rings. The van der Waals surface area contributed by atoms with E-state index in [2.05, 4.69) is 82.3 Å². The summed E-state index contributed by atoms with van der Waals surface area (Å²) in [5, 5.41) is 5.14. The van der Waals surface area contributed by atoms with Crippen LogP contribution < -0.4 is 5.46 Å². The highest BCUT2D eigenvalue weighted by atomic mass is 32.1. The van der Waals surface area contributed by atoms with Crippen LogP contribution in [0.15, 0.2) is 54.6 Å². The van der Waals surface area contributed by atoms with Crippen molar-refractivity contribution in [3.05, 3.63) is 54.6 Å². The van der Waals surface area contributed by atoms with E-state index < -0.39 is 0 Å². The summed E-state index contributed by atoms with van der Waals surface area (Å²) in [5.41, 5.74) is 0.456. The smallest absolute Gasteiger partial charge is 0.399 e. The summed E-state index contributed by atoms with van der Waals surface area (Å²) in [7, 11) is -0.347. The van der Waals surface area contributed by atoms with Crippen molar-refractivity contribution >= 4 is 54.9 Å². The number of thiophene rings is 1. The third-order valence-electron chi connectivity index (χ3n) is 5.91. The molecule has 0 bridgehead atoms. The molecule has 4 heteroatoms. The second-order valence-electron chi connectivity index (χ2n) is 8.08. The first-order valence-electron chi connectivity index (χ1n) is 9.06. The summed E-state index contributed by atoms with van der Waals surface area (Å²) >= 11 is 1.83. The normalized spacial score (nSPS) is 19.0. The molecule has 2 heterocycles. The van der Waals surface area contributed by atoms with Gasteiger partial charge in [0.25, 0.3) is 0 Å². The first-order chi connectivity index (χ1) is 12.4. The molecule has 0 aliphatic carbocycles. The van der Waals surface area contributed by atoms with Crippen LogP contribution in [0.5, 0.6) is 0 Å². The van der Waals surface area contributed by atoms with E-state index in [0.717, 1.165) is 5.46 Å². The van der Waals surface area contributed by atoms with Gasteiger partial charge in [-0.15, -0.1) is 11.3 Å². The Morgan fingerprint density at radius 3 is 2.15 bits per heavy atom. The zero-order chi connectivity index (χ0) is 18.1. The van der Waals surface area contributed by atoms with E-state index in [9.17, 15) is 0 Å². The Kier molecular flexibility index (Phi) is 3.34. The third-order valence-corrected chi connectivity index (χ3v) is 7.13. The van der Waals surface area contributed by atoms with Crippen molar-refractivity contribution < 1.29 is 9.31 Å². The quantitative estimate of drug-likeness (QED) is 0.417. The summed E-state index contributed by atoms with van der Waals surface area (Å²) in [6.07, 6.45) is 0. The van der Waals surface area contributed by atoms with Gasteiger partial charge in [-0.2, -0.15) is 0 Å². The summed E-state index contributed by atoms with van der Waals surface area (Å²) in [5.74, 6) is 0. The average molecular weight is 360 g/mol. The molecule has 2 nitrogen and oxygen atoms in total. The Morgan fingerprint density at radius 2 is 1.42 bits per heavy atom. The molecule has 0 spiro atoms. The molecule has 0 saturated carbocycles. The van der Waals surface area contributed by atoms with E-state index in [1.54, 1.807) is 0 Å². The number of hydrogen-bond donors (Lipinski definition) is 0. The summed E-state index contributed by atoms with van der Waals surface area (Å²) in [4.78, 5) is 0. The lowest BCUT2D eigenvalue weighted by Crippen LogP contribution is -2.41. The van der Waals surface area contributed by atoms with Crippen molar-refractivity contribution in [1.29, 1.82) is 0 Å². The van der Waals surface area contributed by atoms with Gasteiger partial charge < -0.3 is 9.31 Å². The monoisotopic (exact) mass is 360 g/mol. The van der Waals surface area contributed by atoms with Crippen molar-refractivity contribution in [2.75, 3.05) is 0 Å². The standard InChI is InChI=1S/C22H21BO2S/c1-21(2)22(3,4)25-23(24-21)17-13-14-9-5-6-10-15(14)19-16-11-7-8-12-18(16)26-20(17)19/h5-13H,1-4H3. The molecule has 26 heavy (non-hydrogen) atoms. The second-order valence-corrected chi connectivity index (χ2v) is 9.13. The molecule has 1 saturated heterocycles. The highest BCUT2D eigenvalue weighted by Gasteiger charge is 2.52. The maximum Gasteiger partial charge on any atom is 0.496 e. The summed E-state index contributed by atoms with van der Waals surface area (Å²) in [6, 6.07) is 19.5. The highest BCUT2D eigenvalue weighted by molar-refractivity contribution is 7.27. The molecule has 0 N–H and O–H groups in total. The fourth-order valence-electron chi connectivity index (χ4n) is 3.74. The SMILES string of the molecule is CC1(C)OB(c2cc3ccccc3c3c2sc2ccccc23)OC1(C)C. The van der Waals surface area contributed by atoms with E-state index in [-0.39, 0.29) is 18.3 Å². The average Bonchev–Trinajstić information content (AvgIpc) is 3.09. The molecule has 1 aliphatic heterocycles. The van der Waals surface area contributed by atoms with Crippen LogP contribution in [0.4, 0.5) is 0 Å². The molecule has 1 aromatic heterocycles. The Balaban J connectivity index is 1.85. The molecule has 0 unspecified atom stereocenters. The highest BCUT2D eigenvalue weighted by Crippen LogP contribution is 2.41. The van der Waals surface area contributed by atoms with E-state index in [1.807, 2.05) is 11.3 Å². The molecule has 3 aromatic carbocycles. The van der Waals surface area contributed by atoms with Crippen LogP contribution in [-0.2, 0) is 9.31 Å². The molecule has 1 fully saturated rings. The van der Waals surface area contributed by atoms with Crippen LogP contribution in [0.3, 0.4) is 0 Å². The molecule has 0 radical (unpaired) electrons. The minimum Gasteiger partial charge on any atom is -0.399 e. The molecule has 5 rings (SSSR count). The van der Waals surface area contributed by atoms with Gasteiger partial charge in [-0.25, -0.2) is 0 Å². The summed E-state index contributed by atoms with van der Waals surface area (Å²) in [6.45, 7) is 8.43. The number of benzene rings is 3. The number of fused-ring (bicyclic) bond motifs is 5. The van der Waals surface area contributed by atoms with Crippen LogP contribution >= 0.6 is 11.3 Å². The van der Waals surface area contributed by atoms with Gasteiger partial charge in [-0.3, -0.25) is 0 Å². The van der Waals surface area contributed by atoms with Gasteiger partial charge in [0.15, 0.2) is 0 Å². The number of rotatable bonds is 1. The van der Waals surface area contributed by atoms with E-state index in [0.29, 0.717) is 0 Å². The zero-order valence-corrected chi connectivity index (χ0v) is 16.3. The van der Waals surface area contributed by atoms with Gasteiger partial charge in [0.05, 0.1) is 11.2 Å². The van der Waals surface area contributed by atoms with Gasteiger partial charge in [-0.05, 0) is 44.5 Å². The lowest BCUT2D eigenvalue weighted by atomic mass is 9.77. The van der Waals surface area contributed by atoms with E-state index >= 15 is 0 Å². The Hall–Kier alpha value is -1.88. The Labute approximate surface area is 157 Å². The number of hydrogen-bond acceptors (Lipinski definition) is 3. The Morgan fingerprint density at radius 1 is 0.808 bits per heavy atom. The first kappa shape index (κ1) is 16.3. The van der Waals surface area contributed by atoms with Gasteiger partial charge in [0, 0.05) is 25.6 Å². The van der Waals surface area contributed by atoms with Gasteiger partial charge in [0.1, 0.15) is 0 Å². The van der Waals surface area contributed by atoms with Crippen LogP contribution in [-0.4, -0.2) is 18.3 Å². The topological polar surface area (TPSA) is 18.5 Å². The molecule has 0 atom stereocenters. The van der Waals surface area contributed by atoms with Crippen LogP contribution in [0.25, 0.3) is 30.9 Å². The van der Waals surface area contributed by atoms with Crippen molar-refractivity contribution in [2.45, 2.75) is 38.9 Å². The molecule has 0 amide bonds. The van der Waals surface area contributed by atoms with Crippen LogP contribution in [0, 0.1) is 0 Å². The fourth-order valence-corrected chi connectivity index (χ4v) is 4.99. The van der Waals surface area contributed by atoms with Crippen molar-refractivity contribution in [1.82, 2.24) is 0 Å². The lowest BCUT2D eigenvalue weighted by Gasteiger charge is -2.32. The van der Waals surface area contributed by atoms with Gasteiger partial charge in [-0.1, -0.05) is 48.5 Å². The van der Waals surface area contributed by atoms with Crippen LogP contribution in [0.2, 0.25) is 0 Å². The van der Waals surface area contributed by atoms with Crippen molar-refractivity contribution in [3.63, 3.8) is 0 Å². The maximum atomic E-state index is 6.39. The van der Waals surface area contributed by atoms with Gasteiger partial charge in [0.2, 0.25) is 0 Å². The minimum absolute atomic E-state index is 0.341. The maximum absolute atomic E-state index is 6.39. The third kappa shape index (κ3) is 2.19. The second kappa shape index (κ2) is 5.32. The fraction of sp³-hybridized carbons (Fsp3) is 0.273. The first-order valence-corrected chi connectivity index (χ1v) is 9.88. The molecule has 130 valence electrons.